The van der Waals surface area contributed by atoms with Crippen molar-refractivity contribution in [3.8, 4) is 0 Å². The number of halogens is 1. The molecule has 0 heterocycles. The maximum atomic E-state index is 5.00. The van der Waals surface area contributed by atoms with Gasteiger partial charge in [0.1, 0.15) is 6.26 Å². The Labute approximate surface area is 86.9 Å². The zero-order chi connectivity index (χ0) is 9.52. The third-order valence-corrected chi connectivity index (χ3v) is 1.97. The van der Waals surface area contributed by atoms with Crippen LogP contribution in [0.2, 0.25) is 0 Å². The van der Waals surface area contributed by atoms with Crippen LogP contribution in [-0.2, 0) is 4.74 Å². The molecule has 0 fully saturated rings. The Bertz CT molecular complexity index is 307. The maximum absolute atomic E-state index is 5.00. The van der Waals surface area contributed by atoms with E-state index in [1.165, 1.54) is 0 Å². The number of hydrogen-bond acceptors (Lipinski definition) is 1. The lowest BCUT2D eigenvalue weighted by atomic mass is 10.2. The van der Waals surface area contributed by atoms with E-state index < -0.39 is 0 Å². The van der Waals surface area contributed by atoms with E-state index in [0.29, 0.717) is 6.61 Å². The van der Waals surface area contributed by atoms with Crippen LogP contribution >= 0.6 is 15.9 Å². The minimum absolute atomic E-state index is 0.682. The summed E-state index contributed by atoms with van der Waals surface area (Å²) in [6.45, 7) is 2.62. The molecule has 0 amide bonds. The topological polar surface area (TPSA) is 9.23 Å². The molecule has 1 aromatic rings. The molecule has 1 rings (SSSR count). The highest BCUT2D eigenvalue weighted by molar-refractivity contribution is 9.10. The van der Waals surface area contributed by atoms with Gasteiger partial charge in [-0.1, -0.05) is 33.8 Å². The molecule has 2 heteroatoms. The van der Waals surface area contributed by atoms with E-state index in [1.807, 2.05) is 37.3 Å². The van der Waals surface area contributed by atoms with Crippen molar-refractivity contribution < 1.29 is 4.74 Å². The molecule has 0 atom stereocenters. The second-order valence-electron chi connectivity index (χ2n) is 2.44. The summed E-state index contributed by atoms with van der Waals surface area (Å²) in [6.07, 6.45) is 3.45. The highest BCUT2D eigenvalue weighted by atomic mass is 79.9. The summed E-state index contributed by atoms with van der Waals surface area (Å²) in [4.78, 5) is 0. The van der Waals surface area contributed by atoms with Gasteiger partial charge in [-0.05, 0) is 30.7 Å². The van der Waals surface area contributed by atoms with Gasteiger partial charge < -0.3 is 4.74 Å². The first-order valence-corrected chi connectivity index (χ1v) is 4.90. The Hall–Kier alpha value is -0.980. The molecule has 68 valence electrons. The van der Waals surface area contributed by atoms with Crippen molar-refractivity contribution >= 4 is 22.0 Å². The highest BCUT2D eigenvalue weighted by Crippen LogP contribution is 2.10. The summed E-state index contributed by atoms with van der Waals surface area (Å²) >= 11 is 3.37. The van der Waals surface area contributed by atoms with Crippen molar-refractivity contribution in [1.82, 2.24) is 0 Å². The summed E-state index contributed by atoms with van der Waals surface area (Å²) in [5.41, 5.74) is 4.04. The van der Waals surface area contributed by atoms with Gasteiger partial charge in [-0.3, -0.25) is 0 Å². The van der Waals surface area contributed by atoms with Gasteiger partial charge in [0.25, 0.3) is 0 Å². The van der Waals surface area contributed by atoms with Gasteiger partial charge in [0.2, 0.25) is 0 Å². The first-order chi connectivity index (χ1) is 6.33. The van der Waals surface area contributed by atoms with Crippen molar-refractivity contribution in [1.29, 1.82) is 0 Å². The Morgan fingerprint density at radius 1 is 1.38 bits per heavy atom. The van der Waals surface area contributed by atoms with Crippen LogP contribution in [0.4, 0.5) is 0 Å². The first-order valence-electron chi connectivity index (χ1n) is 4.11. The van der Waals surface area contributed by atoms with E-state index in [2.05, 4.69) is 21.7 Å². The van der Waals surface area contributed by atoms with Crippen molar-refractivity contribution in [2.75, 3.05) is 6.61 Å². The van der Waals surface area contributed by atoms with Crippen molar-refractivity contribution in [3.05, 3.63) is 46.3 Å². The molecule has 0 aliphatic rings. The first kappa shape index (κ1) is 10.1. The van der Waals surface area contributed by atoms with Crippen molar-refractivity contribution in [3.63, 3.8) is 0 Å². The highest BCUT2D eigenvalue weighted by Gasteiger charge is 1.85. The van der Waals surface area contributed by atoms with Crippen LogP contribution in [0.3, 0.4) is 0 Å². The van der Waals surface area contributed by atoms with Crippen molar-refractivity contribution in [2.24, 2.45) is 0 Å². The molecule has 0 radical (unpaired) electrons. The summed E-state index contributed by atoms with van der Waals surface area (Å²) < 4.78 is 6.08. The van der Waals surface area contributed by atoms with Gasteiger partial charge in [-0.2, -0.15) is 0 Å². The van der Waals surface area contributed by atoms with E-state index in [9.17, 15) is 0 Å². The van der Waals surface area contributed by atoms with Crippen LogP contribution in [0.25, 0.3) is 6.08 Å². The van der Waals surface area contributed by atoms with Crippen LogP contribution in [0, 0.1) is 0 Å². The predicted molar refractivity (Wildman–Crippen MR) is 58.3 cm³/mol. The molecule has 1 aromatic carbocycles. The average molecular weight is 239 g/mol. The monoisotopic (exact) mass is 238 g/mol. The van der Waals surface area contributed by atoms with E-state index in [1.54, 1.807) is 6.26 Å². The lowest BCUT2D eigenvalue weighted by Crippen LogP contribution is -1.74. The van der Waals surface area contributed by atoms with Gasteiger partial charge in [-0.25, -0.2) is 0 Å². The number of ether oxygens (including phenoxy) is 1. The Balaban J connectivity index is 2.64. The molecule has 0 saturated carbocycles. The summed E-state index contributed by atoms with van der Waals surface area (Å²) in [7, 11) is 0. The zero-order valence-electron chi connectivity index (χ0n) is 7.46. The quantitative estimate of drug-likeness (QED) is 0.578. The lowest BCUT2D eigenvalue weighted by Gasteiger charge is -1.91. The second-order valence-corrected chi connectivity index (χ2v) is 3.35. The third kappa shape index (κ3) is 3.97. The molecule has 0 N–H and O–H groups in total. The molecular formula is C11H11BrO. The molecule has 0 aliphatic carbocycles. The molecule has 0 spiro atoms. The molecule has 0 bridgehead atoms. The summed E-state index contributed by atoms with van der Waals surface area (Å²) in [5, 5.41) is 0. The Morgan fingerprint density at radius 3 is 2.69 bits per heavy atom. The Kier molecular flexibility index (Phi) is 4.37. The zero-order valence-corrected chi connectivity index (χ0v) is 9.04. The predicted octanol–water partition coefficient (Wildman–Crippen LogP) is 3.61. The fourth-order valence-corrected chi connectivity index (χ4v) is 1.09. The number of hydrogen-bond donors (Lipinski definition) is 0. The van der Waals surface area contributed by atoms with Crippen LogP contribution in [-0.4, -0.2) is 6.61 Å². The van der Waals surface area contributed by atoms with Crippen LogP contribution in [0.15, 0.2) is 40.7 Å². The SMILES string of the molecule is CCOC=C=Cc1ccc(Br)cc1. The van der Waals surface area contributed by atoms with E-state index in [-0.39, 0.29) is 0 Å². The third-order valence-electron chi connectivity index (χ3n) is 1.44. The molecule has 0 saturated heterocycles. The number of rotatable bonds is 3. The maximum Gasteiger partial charge on any atom is 0.125 e. The normalized spacial score (nSPS) is 8.77. The number of benzene rings is 1. The second kappa shape index (κ2) is 5.63. The fraction of sp³-hybridized carbons (Fsp3) is 0.182. The minimum atomic E-state index is 0.682. The molecule has 0 aliphatic heterocycles. The molecule has 1 nitrogen and oxygen atoms in total. The van der Waals surface area contributed by atoms with Gasteiger partial charge in [0.05, 0.1) is 6.61 Å². The molecular weight excluding hydrogens is 228 g/mol. The minimum Gasteiger partial charge on any atom is -0.493 e. The fourth-order valence-electron chi connectivity index (χ4n) is 0.821. The van der Waals surface area contributed by atoms with E-state index in [0.717, 1.165) is 10.0 Å². The van der Waals surface area contributed by atoms with Gasteiger partial charge >= 0.3 is 0 Å². The van der Waals surface area contributed by atoms with Gasteiger partial charge in [0, 0.05) is 4.47 Å². The average Bonchev–Trinajstić information content (AvgIpc) is 2.15. The van der Waals surface area contributed by atoms with Crippen LogP contribution in [0.5, 0.6) is 0 Å². The Morgan fingerprint density at radius 2 is 2.08 bits per heavy atom. The largest absolute Gasteiger partial charge is 0.493 e. The molecule has 0 unspecified atom stereocenters. The summed E-state index contributed by atoms with van der Waals surface area (Å²) in [6, 6.07) is 8.01. The lowest BCUT2D eigenvalue weighted by molar-refractivity contribution is 0.270. The standard InChI is InChI=1S/C11H11BrO/c1-2-13-9-3-4-10-5-7-11(12)8-6-10/h4-9H,2H2,1H3. The smallest absolute Gasteiger partial charge is 0.125 e. The molecule has 13 heavy (non-hydrogen) atoms. The van der Waals surface area contributed by atoms with Crippen molar-refractivity contribution in [2.45, 2.75) is 6.92 Å². The molecule has 0 aromatic heterocycles. The van der Waals surface area contributed by atoms with Crippen LogP contribution < -0.4 is 0 Å². The summed E-state index contributed by atoms with van der Waals surface area (Å²) in [5.74, 6) is 0. The van der Waals surface area contributed by atoms with Gasteiger partial charge in [0.15, 0.2) is 0 Å². The van der Waals surface area contributed by atoms with Gasteiger partial charge in [-0.15, -0.1) is 0 Å². The van der Waals surface area contributed by atoms with E-state index >= 15 is 0 Å². The van der Waals surface area contributed by atoms with E-state index in [4.69, 9.17) is 4.74 Å². The van der Waals surface area contributed by atoms with Crippen LogP contribution in [0.1, 0.15) is 12.5 Å².